The minimum Gasteiger partial charge on any atom is -0.162 e. The minimum atomic E-state index is 0.925. The van der Waals surface area contributed by atoms with Gasteiger partial charge in [-0.2, -0.15) is 23.5 Å². The molecular weight excluding hydrogens is 268 g/mol. The van der Waals surface area contributed by atoms with Gasteiger partial charge < -0.3 is 0 Å². The predicted molar refractivity (Wildman–Crippen MR) is 96.4 cm³/mol. The van der Waals surface area contributed by atoms with E-state index < -0.39 is 0 Å². The zero-order valence-corrected chi connectivity index (χ0v) is 15.1. The van der Waals surface area contributed by atoms with Gasteiger partial charge in [0.1, 0.15) is 0 Å². The summed E-state index contributed by atoms with van der Waals surface area (Å²) in [5, 5.41) is 0.925. The molecule has 0 aliphatic carbocycles. The fourth-order valence-corrected chi connectivity index (χ4v) is 4.63. The third kappa shape index (κ3) is 14.9. The third-order valence-electron chi connectivity index (χ3n) is 3.30. The highest BCUT2D eigenvalue weighted by Gasteiger charge is 2.07. The zero-order chi connectivity index (χ0) is 14.2. The van der Waals surface area contributed by atoms with Crippen molar-refractivity contribution in [3.05, 3.63) is 6.42 Å². The number of rotatable bonds is 15. The molecule has 0 aromatic carbocycles. The van der Waals surface area contributed by atoms with Crippen molar-refractivity contribution in [3.8, 4) is 0 Å². The average Bonchev–Trinajstić information content (AvgIpc) is 2.42. The van der Waals surface area contributed by atoms with Gasteiger partial charge in [-0.3, -0.25) is 0 Å². The smallest absolute Gasteiger partial charge is 0.00548 e. The molecule has 1 radical (unpaired) electrons. The second-order valence-corrected chi connectivity index (χ2v) is 7.86. The molecule has 0 N–H and O–H groups in total. The van der Waals surface area contributed by atoms with E-state index in [9.17, 15) is 0 Å². The van der Waals surface area contributed by atoms with E-state index in [1.54, 1.807) is 0 Å². The summed E-state index contributed by atoms with van der Waals surface area (Å²) in [5.74, 6) is 4.08. The summed E-state index contributed by atoms with van der Waals surface area (Å²) in [7, 11) is 0. The molecule has 0 rings (SSSR count). The molecule has 0 saturated carbocycles. The molecule has 2 heteroatoms. The molecule has 0 aliphatic rings. The molecule has 0 fully saturated rings. The molecule has 115 valence electrons. The Morgan fingerprint density at radius 3 is 2.37 bits per heavy atom. The Morgan fingerprint density at radius 2 is 1.68 bits per heavy atom. The third-order valence-corrected chi connectivity index (χ3v) is 5.82. The summed E-state index contributed by atoms with van der Waals surface area (Å²) >= 11 is 4.39. The van der Waals surface area contributed by atoms with E-state index in [4.69, 9.17) is 0 Å². The fourth-order valence-electron chi connectivity index (χ4n) is 2.10. The summed E-state index contributed by atoms with van der Waals surface area (Å²) in [5.41, 5.74) is 0. The van der Waals surface area contributed by atoms with Gasteiger partial charge in [0.2, 0.25) is 0 Å². The van der Waals surface area contributed by atoms with Crippen molar-refractivity contribution in [2.45, 2.75) is 83.8 Å². The van der Waals surface area contributed by atoms with Gasteiger partial charge >= 0.3 is 0 Å². The molecule has 0 aromatic rings. The van der Waals surface area contributed by atoms with Gasteiger partial charge in [-0.1, -0.05) is 52.9 Å². The van der Waals surface area contributed by atoms with Crippen LogP contribution in [0.25, 0.3) is 0 Å². The molecule has 0 bridgehead atoms. The number of hydrogen-bond acceptors (Lipinski definition) is 2. The maximum atomic E-state index is 2.40. The molecule has 0 aliphatic heterocycles. The van der Waals surface area contributed by atoms with Crippen molar-refractivity contribution < 1.29 is 0 Å². The molecule has 0 saturated heterocycles. The van der Waals surface area contributed by atoms with Gasteiger partial charge in [0.15, 0.2) is 0 Å². The molecule has 0 spiro atoms. The Morgan fingerprint density at radius 1 is 0.842 bits per heavy atom. The molecular formula is C17H35S2. The van der Waals surface area contributed by atoms with Crippen molar-refractivity contribution >= 4 is 23.5 Å². The monoisotopic (exact) mass is 303 g/mol. The van der Waals surface area contributed by atoms with Crippen LogP contribution in [-0.2, 0) is 0 Å². The Kier molecular flexibility index (Phi) is 17.4. The topological polar surface area (TPSA) is 0 Å². The van der Waals surface area contributed by atoms with Gasteiger partial charge in [0.25, 0.3) is 0 Å². The minimum absolute atomic E-state index is 0.925. The van der Waals surface area contributed by atoms with E-state index in [-0.39, 0.29) is 0 Å². The van der Waals surface area contributed by atoms with Gasteiger partial charge in [0.05, 0.1) is 0 Å². The quantitative estimate of drug-likeness (QED) is 0.313. The number of unbranched alkanes of at least 4 members (excludes halogenated alkanes) is 5. The predicted octanol–water partition coefficient (Wildman–Crippen LogP) is 6.60. The van der Waals surface area contributed by atoms with Crippen LogP contribution >= 0.6 is 23.5 Å². The maximum Gasteiger partial charge on any atom is 0.00548 e. The van der Waals surface area contributed by atoms with Crippen molar-refractivity contribution in [2.24, 2.45) is 0 Å². The largest absolute Gasteiger partial charge is 0.162 e. The molecule has 19 heavy (non-hydrogen) atoms. The van der Waals surface area contributed by atoms with Gasteiger partial charge in [0, 0.05) is 5.25 Å². The lowest BCUT2D eigenvalue weighted by molar-refractivity contribution is 0.697. The Bertz CT molecular complexity index is 159. The molecule has 1 unspecified atom stereocenters. The Balaban J connectivity index is 3.45. The lowest BCUT2D eigenvalue weighted by atomic mass is 10.2. The second kappa shape index (κ2) is 16.8. The number of thioether (sulfide) groups is 2. The normalized spacial score (nSPS) is 12.8. The summed E-state index contributed by atoms with van der Waals surface area (Å²) in [6, 6.07) is 0. The lowest BCUT2D eigenvalue weighted by Crippen LogP contribution is -2.05. The van der Waals surface area contributed by atoms with Crippen LogP contribution in [0, 0.1) is 6.42 Å². The highest BCUT2D eigenvalue weighted by atomic mass is 32.2. The van der Waals surface area contributed by atoms with Gasteiger partial charge in [-0.25, -0.2) is 0 Å². The highest BCUT2D eigenvalue weighted by molar-refractivity contribution is 8.00. The first-order chi connectivity index (χ1) is 9.35. The van der Waals surface area contributed by atoms with E-state index in [0.29, 0.717) is 0 Å². The van der Waals surface area contributed by atoms with E-state index in [0.717, 1.165) is 5.25 Å². The van der Waals surface area contributed by atoms with E-state index in [1.165, 1.54) is 75.0 Å². The molecule has 0 aromatic heterocycles. The van der Waals surface area contributed by atoms with Crippen LogP contribution in [0.4, 0.5) is 0 Å². The molecule has 0 heterocycles. The van der Waals surface area contributed by atoms with Gasteiger partial charge in [-0.15, -0.1) is 0 Å². The van der Waals surface area contributed by atoms with Crippen LogP contribution in [0.2, 0.25) is 0 Å². The van der Waals surface area contributed by atoms with Crippen molar-refractivity contribution in [1.82, 2.24) is 0 Å². The SMILES string of the molecule is CC[CH]CCSCCC(CCC)SCCCCCC. The van der Waals surface area contributed by atoms with Crippen LogP contribution < -0.4 is 0 Å². The van der Waals surface area contributed by atoms with Crippen molar-refractivity contribution in [1.29, 1.82) is 0 Å². The lowest BCUT2D eigenvalue weighted by Gasteiger charge is -2.15. The maximum absolute atomic E-state index is 2.40. The molecule has 0 amide bonds. The first-order valence-corrected chi connectivity index (χ1v) is 10.6. The van der Waals surface area contributed by atoms with Crippen LogP contribution in [-0.4, -0.2) is 22.5 Å². The van der Waals surface area contributed by atoms with E-state index in [1.807, 2.05) is 0 Å². The zero-order valence-electron chi connectivity index (χ0n) is 13.5. The van der Waals surface area contributed by atoms with Crippen LogP contribution in [0.15, 0.2) is 0 Å². The average molecular weight is 304 g/mol. The van der Waals surface area contributed by atoms with Crippen LogP contribution in [0.5, 0.6) is 0 Å². The summed E-state index contributed by atoms with van der Waals surface area (Å²) < 4.78 is 0. The van der Waals surface area contributed by atoms with E-state index >= 15 is 0 Å². The molecule has 0 nitrogen and oxygen atoms in total. The molecule has 1 atom stereocenters. The summed E-state index contributed by atoms with van der Waals surface area (Å²) in [6.45, 7) is 6.85. The second-order valence-electron chi connectivity index (χ2n) is 5.23. The first-order valence-electron chi connectivity index (χ1n) is 8.36. The van der Waals surface area contributed by atoms with E-state index in [2.05, 4.69) is 50.7 Å². The summed E-state index contributed by atoms with van der Waals surface area (Å²) in [6.07, 6.45) is 14.7. The summed E-state index contributed by atoms with van der Waals surface area (Å²) in [4.78, 5) is 0. The van der Waals surface area contributed by atoms with Crippen molar-refractivity contribution in [3.63, 3.8) is 0 Å². The first kappa shape index (κ1) is 19.7. The fraction of sp³-hybridized carbons (Fsp3) is 0.941. The van der Waals surface area contributed by atoms with Crippen LogP contribution in [0.1, 0.15) is 78.6 Å². The highest BCUT2D eigenvalue weighted by Crippen LogP contribution is 2.23. The number of hydrogen-bond donors (Lipinski definition) is 0. The van der Waals surface area contributed by atoms with Crippen molar-refractivity contribution in [2.75, 3.05) is 17.3 Å². The Labute approximate surface area is 131 Å². The Hall–Kier alpha value is 0.700. The van der Waals surface area contributed by atoms with Crippen LogP contribution in [0.3, 0.4) is 0 Å². The standard InChI is InChI=1S/C17H35S2/c1-4-7-9-11-15-19-17(12-6-3)13-16-18-14-10-8-5-2/h8,17H,4-7,9-16H2,1-3H3. The van der Waals surface area contributed by atoms with Gasteiger partial charge in [-0.05, 0) is 49.4 Å².